The Morgan fingerprint density at radius 3 is 2.48 bits per heavy atom. The number of hydrogen-bond acceptors (Lipinski definition) is 3. The molecule has 2 aromatic carbocycles. The van der Waals surface area contributed by atoms with Crippen LogP contribution in [0.4, 0.5) is 5.69 Å². The molecule has 2 aromatic rings. The van der Waals surface area contributed by atoms with Crippen LogP contribution in [0.1, 0.15) is 17.5 Å². The standard InChI is InChI=1S/C18H19N3/c19-17-20-13-18(21(17)16-8-2-1-3-9-16)11-10-14-6-4-5-7-15(14)12-18/h1-9H,10-13H2,(H2,19,20). The van der Waals surface area contributed by atoms with Crippen molar-refractivity contribution in [2.75, 3.05) is 11.4 Å². The van der Waals surface area contributed by atoms with E-state index in [1.165, 1.54) is 11.1 Å². The maximum absolute atomic E-state index is 6.21. The lowest BCUT2D eigenvalue weighted by Gasteiger charge is -2.42. The van der Waals surface area contributed by atoms with Crippen LogP contribution in [0.5, 0.6) is 0 Å². The summed E-state index contributed by atoms with van der Waals surface area (Å²) < 4.78 is 0. The maximum Gasteiger partial charge on any atom is 0.196 e. The van der Waals surface area contributed by atoms with Gasteiger partial charge in [-0.25, -0.2) is 0 Å². The molecule has 2 aliphatic rings. The Morgan fingerprint density at radius 2 is 1.67 bits per heavy atom. The molecule has 0 fully saturated rings. The molecule has 2 N–H and O–H groups in total. The molecule has 0 amide bonds. The fourth-order valence-electron chi connectivity index (χ4n) is 3.71. The van der Waals surface area contributed by atoms with E-state index in [-0.39, 0.29) is 5.54 Å². The molecule has 0 aromatic heterocycles. The number of anilines is 1. The Hall–Kier alpha value is -2.29. The van der Waals surface area contributed by atoms with Crippen LogP contribution in [0.15, 0.2) is 59.6 Å². The van der Waals surface area contributed by atoms with E-state index in [0.29, 0.717) is 5.96 Å². The highest BCUT2D eigenvalue weighted by Gasteiger charge is 2.44. The summed E-state index contributed by atoms with van der Waals surface area (Å²) in [4.78, 5) is 6.82. The van der Waals surface area contributed by atoms with Gasteiger partial charge in [0.2, 0.25) is 0 Å². The van der Waals surface area contributed by atoms with Crippen LogP contribution in [0.2, 0.25) is 0 Å². The van der Waals surface area contributed by atoms with Crippen molar-refractivity contribution in [3.8, 4) is 0 Å². The van der Waals surface area contributed by atoms with E-state index in [0.717, 1.165) is 31.5 Å². The van der Waals surface area contributed by atoms with Gasteiger partial charge < -0.3 is 10.6 Å². The van der Waals surface area contributed by atoms with Crippen LogP contribution >= 0.6 is 0 Å². The molecule has 1 spiro atoms. The number of rotatable bonds is 1. The number of aryl methyl sites for hydroxylation is 1. The Labute approximate surface area is 125 Å². The average Bonchev–Trinajstić information content (AvgIpc) is 2.84. The van der Waals surface area contributed by atoms with E-state index in [1.807, 2.05) is 6.07 Å². The number of guanidine groups is 1. The lowest BCUT2D eigenvalue weighted by atomic mass is 9.77. The topological polar surface area (TPSA) is 41.6 Å². The quantitative estimate of drug-likeness (QED) is 0.871. The van der Waals surface area contributed by atoms with Crippen LogP contribution in [0.3, 0.4) is 0 Å². The fraction of sp³-hybridized carbons (Fsp3) is 0.278. The van der Waals surface area contributed by atoms with E-state index in [1.54, 1.807) is 0 Å². The zero-order chi connectivity index (χ0) is 14.3. The molecule has 1 heterocycles. The highest BCUT2D eigenvalue weighted by atomic mass is 15.4. The third-order valence-corrected chi connectivity index (χ3v) is 4.75. The number of para-hydroxylation sites is 1. The van der Waals surface area contributed by atoms with Crippen LogP contribution in [-0.4, -0.2) is 18.0 Å². The minimum atomic E-state index is 0.0137. The molecule has 21 heavy (non-hydrogen) atoms. The van der Waals surface area contributed by atoms with Crippen molar-refractivity contribution in [1.82, 2.24) is 0 Å². The number of nitrogens with zero attached hydrogens (tertiary/aromatic N) is 2. The molecule has 1 aliphatic carbocycles. The Balaban J connectivity index is 1.75. The molecule has 1 atom stereocenters. The van der Waals surface area contributed by atoms with Gasteiger partial charge in [-0.05, 0) is 42.5 Å². The summed E-state index contributed by atoms with van der Waals surface area (Å²) in [5, 5.41) is 0. The second-order valence-electron chi connectivity index (χ2n) is 6.02. The summed E-state index contributed by atoms with van der Waals surface area (Å²) in [6.45, 7) is 0.794. The molecule has 4 rings (SSSR count). The van der Waals surface area contributed by atoms with Crippen molar-refractivity contribution < 1.29 is 0 Å². The first-order valence-electron chi connectivity index (χ1n) is 7.51. The van der Waals surface area contributed by atoms with Crippen LogP contribution in [-0.2, 0) is 12.8 Å². The third kappa shape index (κ3) is 1.92. The monoisotopic (exact) mass is 277 g/mol. The summed E-state index contributed by atoms with van der Waals surface area (Å²) in [5.74, 6) is 0.653. The van der Waals surface area contributed by atoms with Crippen molar-refractivity contribution >= 4 is 11.6 Å². The van der Waals surface area contributed by atoms with Crippen LogP contribution in [0, 0.1) is 0 Å². The Morgan fingerprint density at radius 1 is 0.952 bits per heavy atom. The van der Waals surface area contributed by atoms with Gasteiger partial charge in [0.25, 0.3) is 0 Å². The molecule has 1 unspecified atom stereocenters. The van der Waals surface area contributed by atoms with Crippen molar-refractivity contribution in [3.05, 3.63) is 65.7 Å². The molecule has 0 bridgehead atoms. The highest BCUT2D eigenvalue weighted by Crippen LogP contribution is 2.39. The first-order valence-corrected chi connectivity index (χ1v) is 7.51. The van der Waals surface area contributed by atoms with E-state index >= 15 is 0 Å². The molecular weight excluding hydrogens is 258 g/mol. The normalized spacial score (nSPS) is 24.0. The number of aliphatic imine (C=N–C) groups is 1. The zero-order valence-corrected chi connectivity index (χ0v) is 12.0. The summed E-state index contributed by atoms with van der Waals surface area (Å²) >= 11 is 0. The first-order chi connectivity index (χ1) is 10.3. The fourth-order valence-corrected chi connectivity index (χ4v) is 3.71. The summed E-state index contributed by atoms with van der Waals surface area (Å²) in [5.41, 5.74) is 10.3. The van der Waals surface area contributed by atoms with Crippen molar-refractivity contribution in [1.29, 1.82) is 0 Å². The number of fused-ring (bicyclic) bond motifs is 1. The average molecular weight is 277 g/mol. The largest absolute Gasteiger partial charge is 0.369 e. The molecule has 106 valence electrons. The summed E-state index contributed by atoms with van der Waals surface area (Å²) in [7, 11) is 0. The van der Waals surface area contributed by atoms with Gasteiger partial charge in [-0.2, -0.15) is 0 Å². The van der Waals surface area contributed by atoms with Crippen molar-refractivity contribution in [2.24, 2.45) is 10.7 Å². The molecule has 3 nitrogen and oxygen atoms in total. The second kappa shape index (κ2) is 4.62. The smallest absolute Gasteiger partial charge is 0.196 e. The van der Waals surface area contributed by atoms with Gasteiger partial charge >= 0.3 is 0 Å². The van der Waals surface area contributed by atoms with Gasteiger partial charge in [0.1, 0.15) is 0 Å². The molecule has 1 aliphatic heterocycles. The van der Waals surface area contributed by atoms with Gasteiger partial charge in [-0.3, -0.25) is 4.99 Å². The van der Waals surface area contributed by atoms with Gasteiger partial charge in [-0.1, -0.05) is 42.5 Å². The first kappa shape index (κ1) is 12.5. The summed E-state index contributed by atoms with van der Waals surface area (Å²) in [6.07, 6.45) is 3.22. The number of nitrogens with two attached hydrogens (primary N) is 1. The lowest BCUT2D eigenvalue weighted by molar-refractivity contribution is 0.399. The third-order valence-electron chi connectivity index (χ3n) is 4.75. The minimum Gasteiger partial charge on any atom is -0.369 e. The van der Waals surface area contributed by atoms with E-state index in [2.05, 4.69) is 58.4 Å². The van der Waals surface area contributed by atoms with E-state index in [4.69, 9.17) is 5.73 Å². The van der Waals surface area contributed by atoms with Gasteiger partial charge in [-0.15, -0.1) is 0 Å². The molecule has 0 saturated carbocycles. The Bertz CT molecular complexity index is 693. The predicted molar refractivity (Wildman–Crippen MR) is 86.6 cm³/mol. The minimum absolute atomic E-state index is 0.0137. The molecular formula is C18H19N3. The number of hydrogen-bond donors (Lipinski definition) is 1. The predicted octanol–water partition coefficient (Wildman–Crippen LogP) is 2.75. The molecule has 3 heteroatoms. The molecule has 0 radical (unpaired) electrons. The highest BCUT2D eigenvalue weighted by molar-refractivity contribution is 5.98. The SMILES string of the molecule is NC1=NCC2(CCc3ccccc3C2)N1c1ccccc1. The van der Waals surface area contributed by atoms with Crippen molar-refractivity contribution in [2.45, 2.75) is 24.8 Å². The lowest BCUT2D eigenvalue weighted by Crippen LogP contribution is -2.55. The number of benzene rings is 2. The van der Waals surface area contributed by atoms with Gasteiger partial charge in [0.05, 0.1) is 12.1 Å². The van der Waals surface area contributed by atoms with Gasteiger partial charge in [0.15, 0.2) is 5.96 Å². The van der Waals surface area contributed by atoms with Crippen LogP contribution < -0.4 is 10.6 Å². The molecule has 0 saturated heterocycles. The van der Waals surface area contributed by atoms with Crippen molar-refractivity contribution in [3.63, 3.8) is 0 Å². The summed E-state index contributed by atoms with van der Waals surface area (Å²) in [6, 6.07) is 19.1. The van der Waals surface area contributed by atoms with Crippen LogP contribution in [0.25, 0.3) is 0 Å². The van der Waals surface area contributed by atoms with E-state index in [9.17, 15) is 0 Å². The second-order valence-corrected chi connectivity index (χ2v) is 6.02. The Kier molecular flexibility index (Phi) is 2.74. The maximum atomic E-state index is 6.21. The zero-order valence-electron chi connectivity index (χ0n) is 12.0. The van der Waals surface area contributed by atoms with E-state index < -0.39 is 0 Å². The van der Waals surface area contributed by atoms with Gasteiger partial charge in [0, 0.05) is 5.69 Å².